The number of carbonyl (C=O) groups excluding carboxylic acids is 2. The highest BCUT2D eigenvalue weighted by molar-refractivity contribution is 7.88. The van der Waals surface area contributed by atoms with Crippen molar-refractivity contribution in [3.05, 3.63) is 194 Å². The van der Waals surface area contributed by atoms with Crippen molar-refractivity contribution in [1.82, 2.24) is 19.9 Å². The summed E-state index contributed by atoms with van der Waals surface area (Å²) in [5.41, 5.74) is 1.61. The molecule has 0 aliphatic rings. The van der Waals surface area contributed by atoms with Crippen LogP contribution >= 0.6 is 0 Å². The SMILES string of the molecule is COC(=O)C(Cc1ccccc1)Nc1cc(-c2ccc(-c3ccc(OC)cc3)cc2)ncn1.COC(=O)C(Cc1ccccc1)Nc1cc(-c2ccc(OS(=O)(=O)C(F)(F)F)cc2)ncn1.COc1ccc(B(O)O)cc1. The predicted molar refractivity (Wildman–Crippen MR) is 284 cm³/mol. The Kier molecular flexibility index (Phi) is 20.6. The molecule has 8 aromatic rings. The van der Waals surface area contributed by atoms with Gasteiger partial charge in [0.1, 0.15) is 53.6 Å². The van der Waals surface area contributed by atoms with Gasteiger partial charge in [0.15, 0.2) is 0 Å². The Bertz CT molecular complexity index is 3240. The van der Waals surface area contributed by atoms with Gasteiger partial charge in [-0.2, -0.15) is 21.6 Å². The fraction of sp³-hybridized carbons (Fsp3) is 0.164. The predicted octanol–water partition coefficient (Wildman–Crippen LogP) is 7.96. The van der Waals surface area contributed by atoms with E-state index in [1.807, 2.05) is 103 Å². The molecule has 0 aliphatic heterocycles. The number of alkyl halides is 3. The summed E-state index contributed by atoms with van der Waals surface area (Å²) in [6.07, 6.45) is 3.56. The Hall–Kier alpha value is -8.86. The number of hydrogen-bond donors (Lipinski definition) is 4. The number of halogens is 3. The van der Waals surface area contributed by atoms with E-state index in [-0.39, 0.29) is 5.97 Å². The van der Waals surface area contributed by atoms with Crippen LogP contribution in [0.1, 0.15) is 11.1 Å². The molecule has 2 aromatic heterocycles. The van der Waals surface area contributed by atoms with Gasteiger partial charge in [0.2, 0.25) is 0 Å². The van der Waals surface area contributed by atoms with Crippen LogP contribution in [0.5, 0.6) is 17.2 Å². The standard InChI is InChI=1S/C27H25N3O3.C21H18F3N3O5S.C7H9BO3/c1-32-23-14-12-21(13-15-23)20-8-10-22(11-9-20)24-17-26(29-18-28-24)30-25(27(31)33-2)16-19-6-4-3-5-7-19;1-31-20(28)18(11-14-5-3-2-4-6-14)27-19-12-17(25-13-26-19)15-7-9-16(10-8-15)32-33(29,30)21(22,23)24;1-11-7-4-2-6(3-5-7)8(9)10/h3-15,17-18,25H,16H2,1-2H3,(H,28,29,30);2-10,12-13,18H,11H2,1H3,(H,25,26,27);2-5,9-10H,1H3. The van der Waals surface area contributed by atoms with E-state index in [0.29, 0.717) is 46.9 Å². The van der Waals surface area contributed by atoms with Gasteiger partial charge in [0, 0.05) is 36.1 Å². The highest BCUT2D eigenvalue weighted by Gasteiger charge is 2.48. The van der Waals surface area contributed by atoms with Crippen molar-refractivity contribution in [3.63, 3.8) is 0 Å². The summed E-state index contributed by atoms with van der Waals surface area (Å²) in [6.45, 7) is 0. The molecular formula is C55H52BF3N6O11S. The summed E-state index contributed by atoms with van der Waals surface area (Å²) in [4.78, 5) is 41.5. The van der Waals surface area contributed by atoms with Crippen LogP contribution in [0, 0.1) is 0 Å². The molecule has 0 radical (unpaired) electrons. The Morgan fingerprint density at radius 1 is 0.532 bits per heavy atom. The normalized spacial score (nSPS) is 11.6. The number of nitrogens with one attached hydrogen (secondary N) is 2. The molecule has 8 rings (SSSR count). The molecule has 0 saturated heterocycles. The minimum atomic E-state index is -5.76. The second-order valence-electron chi connectivity index (χ2n) is 16.4. The van der Waals surface area contributed by atoms with Gasteiger partial charge >= 0.3 is 34.7 Å². The molecule has 0 bridgehead atoms. The first-order valence-corrected chi connectivity index (χ1v) is 24.7. The first-order valence-electron chi connectivity index (χ1n) is 23.3. The lowest BCUT2D eigenvalue weighted by atomic mass is 9.80. The van der Waals surface area contributed by atoms with Crippen molar-refractivity contribution in [2.45, 2.75) is 30.4 Å². The number of benzene rings is 6. The van der Waals surface area contributed by atoms with Crippen molar-refractivity contribution in [1.29, 1.82) is 0 Å². The lowest BCUT2D eigenvalue weighted by Gasteiger charge is -2.17. The highest BCUT2D eigenvalue weighted by Crippen LogP contribution is 2.30. The third-order valence-electron chi connectivity index (χ3n) is 11.2. The molecule has 2 unspecified atom stereocenters. The van der Waals surface area contributed by atoms with E-state index < -0.39 is 46.5 Å². The van der Waals surface area contributed by atoms with E-state index in [0.717, 1.165) is 51.4 Å². The molecular weight excluding hydrogens is 1020 g/mol. The van der Waals surface area contributed by atoms with Crippen LogP contribution < -0.4 is 29.8 Å². The van der Waals surface area contributed by atoms with Crippen LogP contribution in [-0.4, -0.2) is 103 Å². The first-order chi connectivity index (χ1) is 37.0. The fourth-order valence-corrected chi connectivity index (χ4v) is 7.62. The van der Waals surface area contributed by atoms with E-state index in [9.17, 15) is 31.2 Å². The van der Waals surface area contributed by atoms with E-state index >= 15 is 0 Å². The number of rotatable bonds is 18. The molecule has 0 saturated carbocycles. The van der Waals surface area contributed by atoms with Crippen molar-refractivity contribution in [3.8, 4) is 50.9 Å². The summed E-state index contributed by atoms with van der Waals surface area (Å²) < 4.78 is 83.7. The first kappa shape index (κ1) is 57.4. The molecule has 17 nitrogen and oxygen atoms in total. The molecule has 0 aliphatic carbocycles. The highest BCUT2D eigenvalue weighted by atomic mass is 32.2. The molecule has 4 N–H and O–H groups in total. The van der Waals surface area contributed by atoms with Crippen LogP contribution in [0.2, 0.25) is 0 Å². The third kappa shape index (κ3) is 17.1. The van der Waals surface area contributed by atoms with Crippen LogP contribution in [0.3, 0.4) is 0 Å². The summed E-state index contributed by atoms with van der Waals surface area (Å²) in [5, 5.41) is 23.6. The number of carbonyl (C=O) groups is 2. The van der Waals surface area contributed by atoms with Crippen LogP contribution in [0.4, 0.5) is 24.8 Å². The number of anilines is 2. The van der Waals surface area contributed by atoms with Crippen molar-refractivity contribution in [2.75, 3.05) is 39.1 Å². The van der Waals surface area contributed by atoms with Crippen LogP contribution in [-0.2, 0) is 42.0 Å². The maximum atomic E-state index is 12.5. The monoisotopic (exact) mass is 1070 g/mol. The zero-order valence-electron chi connectivity index (χ0n) is 41.9. The minimum Gasteiger partial charge on any atom is -0.497 e. The van der Waals surface area contributed by atoms with Gasteiger partial charge in [0.05, 0.1) is 39.8 Å². The van der Waals surface area contributed by atoms with E-state index in [2.05, 4.69) is 46.9 Å². The van der Waals surface area contributed by atoms with Crippen LogP contribution in [0.15, 0.2) is 183 Å². The summed E-state index contributed by atoms with van der Waals surface area (Å²) in [7, 11) is -1.29. The van der Waals surface area contributed by atoms with E-state index in [1.54, 1.807) is 38.5 Å². The number of methoxy groups -OCH3 is 4. The largest absolute Gasteiger partial charge is 0.534 e. The van der Waals surface area contributed by atoms with Gasteiger partial charge < -0.3 is 43.8 Å². The summed E-state index contributed by atoms with van der Waals surface area (Å²) in [6, 6.07) is 48.6. The average Bonchev–Trinajstić information content (AvgIpc) is 3.46. The third-order valence-corrected chi connectivity index (χ3v) is 12.2. The number of esters is 2. The van der Waals surface area contributed by atoms with Gasteiger partial charge in [-0.25, -0.2) is 29.5 Å². The maximum Gasteiger partial charge on any atom is 0.534 e. The average molecular weight is 1070 g/mol. The number of aromatic nitrogens is 4. The van der Waals surface area contributed by atoms with Gasteiger partial charge in [0.25, 0.3) is 0 Å². The molecule has 77 heavy (non-hydrogen) atoms. The smallest absolute Gasteiger partial charge is 0.497 e. The minimum absolute atomic E-state index is 0.311. The van der Waals surface area contributed by atoms with Gasteiger partial charge in [-0.15, -0.1) is 0 Å². The second-order valence-corrected chi connectivity index (χ2v) is 17.9. The Morgan fingerprint density at radius 2 is 0.896 bits per heavy atom. The zero-order chi connectivity index (χ0) is 55.4. The Labute approximate surface area is 443 Å². The van der Waals surface area contributed by atoms with Gasteiger partial charge in [-0.1, -0.05) is 109 Å². The number of hydrogen-bond acceptors (Lipinski definition) is 17. The summed E-state index contributed by atoms with van der Waals surface area (Å²) >= 11 is 0. The second kappa shape index (κ2) is 27.6. The molecule has 398 valence electrons. The number of nitrogens with zero attached hydrogens (tertiary/aromatic N) is 4. The van der Waals surface area contributed by atoms with Crippen LogP contribution in [0.25, 0.3) is 33.6 Å². The molecule has 0 spiro atoms. The topological polar surface area (TPSA) is 231 Å². The lowest BCUT2D eigenvalue weighted by Crippen LogP contribution is -2.33. The zero-order valence-corrected chi connectivity index (χ0v) is 42.7. The Balaban J connectivity index is 0.000000209. The van der Waals surface area contributed by atoms with Gasteiger partial charge in [-0.05, 0) is 76.2 Å². The quantitative estimate of drug-likeness (QED) is 0.0276. The van der Waals surface area contributed by atoms with E-state index in [4.69, 9.17) is 29.0 Å². The van der Waals surface area contributed by atoms with E-state index in [1.165, 1.54) is 45.1 Å². The Morgan fingerprint density at radius 3 is 1.27 bits per heavy atom. The van der Waals surface area contributed by atoms with Crippen molar-refractivity contribution < 1.29 is 64.4 Å². The number of ether oxygens (including phenoxy) is 4. The molecule has 2 atom stereocenters. The molecule has 2 heterocycles. The molecule has 0 fully saturated rings. The molecule has 0 amide bonds. The lowest BCUT2D eigenvalue weighted by molar-refractivity contribution is -0.142. The van der Waals surface area contributed by atoms with Crippen molar-refractivity contribution >= 4 is 46.3 Å². The van der Waals surface area contributed by atoms with Gasteiger partial charge in [-0.3, -0.25) is 0 Å². The maximum absolute atomic E-state index is 12.5. The molecule has 6 aromatic carbocycles. The van der Waals surface area contributed by atoms with Crippen molar-refractivity contribution in [2.24, 2.45) is 0 Å². The summed E-state index contributed by atoms with van der Waals surface area (Å²) in [5.74, 6) is 1.06. The molecule has 22 heteroatoms. The fourth-order valence-electron chi connectivity index (χ4n) is 7.16.